The number of nitrogens with one attached hydrogen (secondary N) is 1. The van der Waals surface area contributed by atoms with Gasteiger partial charge in [-0.1, -0.05) is 5.16 Å². The number of nitrogens with zero attached hydrogens (tertiary/aromatic N) is 1. The average Bonchev–Trinajstić information content (AvgIpc) is 2.59. The van der Waals surface area contributed by atoms with E-state index in [9.17, 15) is 13.2 Å². The van der Waals surface area contributed by atoms with Crippen molar-refractivity contribution in [2.45, 2.75) is 31.0 Å². The Kier molecular flexibility index (Phi) is 2.96. The minimum Gasteiger partial charge on any atom is -0.469 e. The van der Waals surface area contributed by atoms with Crippen molar-refractivity contribution in [1.82, 2.24) is 5.32 Å². The molecule has 0 aliphatic carbocycles. The lowest BCUT2D eigenvalue weighted by Gasteiger charge is -2.30. The second-order valence-electron chi connectivity index (χ2n) is 4.12. The summed E-state index contributed by atoms with van der Waals surface area (Å²) in [5.41, 5.74) is -0.487. The van der Waals surface area contributed by atoms with Crippen LogP contribution in [0.5, 0.6) is 0 Å². The molecule has 0 bridgehead atoms. The van der Waals surface area contributed by atoms with Gasteiger partial charge in [-0.15, -0.1) is 0 Å². The van der Waals surface area contributed by atoms with Gasteiger partial charge in [0.15, 0.2) is 12.2 Å². The third-order valence-electron chi connectivity index (χ3n) is 2.65. The quantitative estimate of drug-likeness (QED) is 0.751. The van der Waals surface area contributed by atoms with Gasteiger partial charge in [-0.05, 0) is 19.4 Å². The van der Waals surface area contributed by atoms with Crippen LogP contribution in [0.3, 0.4) is 0 Å². The molecule has 0 saturated carbocycles. The molecule has 2 aliphatic rings. The van der Waals surface area contributed by atoms with Crippen LogP contribution in [-0.4, -0.2) is 37.4 Å². The van der Waals surface area contributed by atoms with Crippen LogP contribution < -0.4 is 5.32 Å². The van der Waals surface area contributed by atoms with Crippen LogP contribution in [0.4, 0.5) is 13.2 Å². The zero-order valence-electron chi connectivity index (χ0n) is 8.64. The van der Waals surface area contributed by atoms with Crippen LogP contribution in [0.15, 0.2) is 5.16 Å². The van der Waals surface area contributed by atoms with Crippen LogP contribution in [0.1, 0.15) is 19.3 Å². The molecule has 0 aromatic rings. The molecule has 0 aromatic carbocycles. The Morgan fingerprint density at radius 1 is 1.50 bits per heavy atom. The van der Waals surface area contributed by atoms with Gasteiger partial charge in [-0.3, -0.25) is 0 Å². The third-order valence-corrected chi connectivity index (χ3v) is 2.65. The number of piperidine rings is 1. The van der Waals surface area contributed by atoms with Gasteiger partial charge in [0.25, 0.3) is 0 Å². The first-order chi connectivity index (χ1) is 7.49. The fraction of sp³-hybridized carbons (Fsp3) is 0.889. The van der Waals surface area contributed by atoms with Crippen molar-refractivity contribution in [3.05, 3.63) is 0 Å². The summed E-state index contributed by atoms with van der Waals surface area (Å²) in [4.78, 5) is 5.19. The largest absolute Gasteiger partial charge is 0.469 e. The van der Waals surface area contributed by atoms with E-state index in [0.29, 0.717) is 13.0 Å². The molecule has 1 fully saturated rings. The summed E-state index contributed by atoms with van der Waals surface area (Å²) in [5.74, 6) is 0.0426. The van der Waals surface area contributed by atoms with Crippen LogP contribution >= 0.6 is 0 Å². The smallest absolute Gasteiger partial charge is 0.422 e. The summed E-state index contributed by atoms with van der Waals surface area (Å²) in [5, 5.41) is 6.70. The fourth-order valence-corrected chi connectivity index (χ4v) is 1.90. The molecule has 0 amide bonds. The maximum atomic E-state index is 11.9. The van der Waals surface area contributed by atoms with Gasteiger partial charge >= 0.3 is 6.18 Å². The van der Waals surface area contributed by atoms with E-state index in [1.54, 1.807) is 0 Å². The summed E-state index contributed by atoms with van der Waals surface area (Å²) < 4.78 is 40.3. The highest BCUT2D eigenvalue weighted by Gasteiger charge is 2.42. The van der Waals surface area contributed by atoms with Gasteiger partial charge in [-0.25, -0.2) is 0 Å². The van der Waals surface area contributed by atoms with E-state index in [1.807, 2.05) is 0 Å². The van der Waals surface area contributed by atoms with E-state index in [2.05, 4.69) is 15.2 Å². The first-order valence-corrected chi connectivity index (χ1v) is 5.14. The molecular formula is C9H13F3N2O2. The van der Waals surface area contributed by atoms with E-state index in [-0.39, 0.29) is 5.90 Å². The van der Waals surface area contributed by atoms with E-state index in [4.69, 9.17) is 4.84 Å². The summed E-state index contributed by atoms with van der Waals surface area (Å²) >= 11 is 0. The Labute approximate surface area is 90.8 Å². The highest BCUT2D eigenvalue weighted by atomic mass is 19.4. The molecule has 1 atom stereocenters. The van der Waals surface area contributed by atoms with Crippen molar-refractivity contribution in [2.75, 3.05) is 19.7 Å². The van der Waals surface area contributed by atoms with Gasteiger partial charge in [-0.2, -0.15) is 13.2 Å². The Balaban J connectivity index is 1.82. The molecular weight excluding hydrogens is 225 g/mol. The zero-order chi connectivity index (χ0) is 11.6. The average molecular weight is 238 g/mol. The number of rotatable bonds is 1. The standard InChI is InChI=1S/C9H13F3N2O2/c10-9(11,12)6-15-7-4-8(16-14-7)2-1-3-13-5-8/h13H,1-6H2. The molecule has 1 unspecified atom stereocenters. The topological polar surface area (TPSA) is 42.9 Å². The molecule has 2 rings (SSSR count). The monoisotopic (exact) mass is 238 g/mol. The molecule has 0 radical (unpaired) electrons. The van der Waals surface area contributed by atoms with Gasteiger partial charge in [0.2, 0.25) is 5.90 Å². The van der Waals surface area contributed by atoms with Gasteiger partial charge in [0.1, 0.15) is 0 Å². The van der Waals surface area contributed by atoms with E-state index >= 15 is 0 Å². The first-order valence-electron chi connectivity index (χ1n) is 5.14. The number of alkyl halides is 3. The van der Waals surface area contributed by atoms with Crippen molar-refractivity contribution >= 4 is 5.90 Å². The summed E-state index contributed by atoms with van der Waals surface area (Å²) in [7, 11) is 0. The van der Waals surface area contributed by atoms with Crippen molar-refractivity contribution < 1.29 is 22.7 Å². The first kappa shape index (κ1) is 11.5. The molecule has 0 aromatic heterocycles. The number of ether oxygens (including phenoxy) is 1. The lowest BCUT2D eigenvalue weighted by molar-refractivity contribution is -0.156. The lowest BCUT2D eigenvalue weighted by Crippen LogP contribution is -2.45. The molecule has 92 valence electrons. The third kappa shape index (κ3) is 2.78. The number of hydrogen-bond donors (Lipinski definition) is 1. The maximum Gasteiger partial charge on any atom is 0.422 e. The summed E-state index contributed by atoms with van der Waals surface area (Å²) in [6, 6.07) is 0. The minimum atomic E-state index is -4.33. The van der Waals surface area contributed by atoms with Crippen molar-refractivity contribution in [3.8, 4) is 0 Å². The number of hydrogen-bond acceptors (Lipinski definition) is 4. The van der Waals surface area contributed by atoms with Gasteiger partial charge in [0.05, 0.1) is 6.42 Å². The SMILES string of the molecule is FC(F)(F)COC1=NOC2(CCCNC2)C1. The van der Waals surface area contributed by atoms with E-state index in [1.165, 1.54) is 0 Å². The molecule has 2 aliphatic heterocycles. The van der Waals surface area contributed by atoms with Crippen LogP contribution in [-0.2, 0) is 9.57 Å². The van der Waals surface area contributed by atoms with E-state index < -0.39 is 18.4 Å². The molecule has 7 heteroatoms. The Morgan fingerprint density at radius 3 is 2.94 bits per heavy atom. The Morgan fingerprint density at radius 2 is 2.31 bits per heavy atom. The van der Waals surface area contributed by atoms with Crippen molar-refractivity contribution in [2.24, 2.45) is 5.16 Å². The normalized spacial score (nSPS) is 30.1. The van der Waals surface area contributed by atoms with Crippen LogP contribution in [0, 0.1) is 0 Å². The predicted molar refractivity (Wildman–Crippen MR) is 50.0 cm³/mol. The second-order valence-corrected chi connectivity index (χ2v) is 4.12. The second kappa shape index (κ2) is 4.12. The van der Waals surface area contributed by atoms with E-state index in [0.717, 1.165) is 19.4 Å². The fourth-order valence-electron chi connectivity index (χ4n) is 1.90. The van der Waals surface area contributed by atoms with Crippen LogP contribution in [0.25, 0.3) is 0 Å². The molecule has 2 heterocycles. The number of halogens is 3. The lowest BCUT2D eigenvalue weighted by atomic mass is 9.91. The molecule has 1 N–H and O–H groups in total. The molecule has 1 saturated heterocycles. The Bertz CT molecular complexity index is 285. The predicted octanol–water partition coefficient (Wildman–Crippen LogP) is 1.42. The molecule has 16 heavy (non-hydrogen) atoms. The Hall–Kier alpha value is -0.980. The van der Waals surface area contributed by atoms with Gasteiger partial charge in [0, 0.05) is 6.54 Å². The van der Waals surface area contributed by atoms with Crippen molar-refractivity contribution in [1.29, 1.82) is 0 Å². The van der Waals surface area contributed by atoms with Crippen molar-refractivity contribution in [3.63, 3.8) is 0 Å². The maximum absolute atomic E-state index is 11.9. The van der Waals surface area contributed by atoms with Crippen LogP contribution in [0.2, 0.25) is 0 Å². The highest BCUT2D eigenvalue weighted by Crippen LogP contribution is 2.31. The molecule has 4 nitrogen and oxygen atoms in total. The highest BCUT2D eigenvalue weighted by molar-refractivity contribution is 5.78. The zero-order valence-corrected chi connectivity index (χ0v) is 8.64. The summed E-state index contributed by atoms with van der Waals surface area (Å²) in [6.45, 7) is 0.206. The molecule has 1 spiro atoms. The summed E-state index contributed by atoms with van der Waals surface area (Å²) in [6.07, 6.45) is -2.29. The minimum absolute atomic E-state index is 0.0426. The van der Waals surface area contributed by atoms with Gasteiger partial charge < -0.3 is 14.9 Å². The number of oxime groups is 1.